The Morgan fingerprint density at radius 1 is 1.27 bits per heavy atom. The third-order valence-corrected chi connectivity index (χ3v) is 5.77. The van der Waals surface area contributed by atoms with Gasteiger partial charge in [0.15, 0.2) is 0 Å². The van der Waals surface area contributed by atoms with Crippen molar-refractivity contribution in [2.75, 3.05) is 14.2 Å². The van der Waals surface area contributed by atoms with Crippen LogP contribution in [0.15, 0.2) is 18.2 Å². The molecule has 0 spiro atoms. The van der Waals surface area contributed by atoms with Crippen LogP contribution in [0.2, 0.25) is 5.02 Å². The van der Waals surface area contributed by atoms with Crippen molar-refractivity contribution in [3.63, 3.8) is 0 Å². The molecule has 0 aromatic heterocycles. The molecule has 144 valence electrons. The summed E-state index contributed by atoms with van der Waals surface area (Å²) in [7, 11) is 2.90. The maximum Gasteiger partial charge on any atom is 0.331 e. The number of carbonyl (C=O) groups is 2. The minimum Gasteiger partial charge on any atom is -0.496 e. The van der Waals surface area contributed by atoms with E-state index < -0.39 is 5.54 Å². The molecule has 5 nitrogen and oxygen atoms in total. The van der Waals surface area contributed by atoms with Gasteiger partial charge in [-0.05, 0) is 49.7 Å². The molecule has 0 aliphatic heterocycles. The van der Waals surface area contributed by atoms with E-state index in [1.165, 1.54) is 14.2 Å². The molecule has 1 aliphatic rings. The first-order chi connectivity index (χ1) is 12.3. The third-order valence-electron chi connectivity index (χ3n) is 5.41. The predicted molar refractivity (Wildman–Crippen MR) is 101 cm³/mol. The van der Waals surface area contributed by atoms with Gasteiger partial charge in [0.2, 0.25) is 5.91 Å². The van der Waals surface area contributed by atoms with Crippen LogP contribution in [0.5, 0.6) is 5.75 Å². The van der Waals surface area contributed by atoms with Gasteiger partial charge in [0.1, 0.15) is 11.3 Å². The Balaban J connectivity index is 2.15. The van der Waals surface area contributed by atoms with Crippen molar-refractivity contribution >= 4 is 23.5 Å². The third kappa shape index (κ3) is 4.50. The Labute approximate surface area is 160 Å². The van der Waals surface area contributed by atoms with Gasteiger partial charge >= 0.3 is 5.97 Å². The van der Waals surface area contributed by atoms with E-state index in [-0.39, 0.29) is 18.3 Å². The van der Waals surface area contributed by atoms with E-state index in [9.17, 15) is 9.59 Å². The molecule has 0 bridgehead atoms. The molecule has 26 heavy (non-hydrogen) atoms. The second-order valence-electron chi connectivity index (χ2n) is 7.30. The molecule has 1 amide bonds. The summed E-state index contributed by atoms with van der Waals surface area (Å²) in [6.45, 7) is 4.39. The van der Waals surface area contributed by atoms with E-state index in [4.69, 9.17) is 21.1 Å². The number of methoxy groups -OCH3 is 2. The van der Waals surface area contributed by atoms with Gasteiger partial charge in [0.05, 0.1) is 20.6 Å². The lowest BCUT2D eigenvalue weighted by molar-refractivity contribution is -0.153. The molecule has 1 aromatic rings. The lowest BCUT2D eigenvalue weighted by Gasteiger charge is -2.39. The van der Waals surface area contributed by atoms with E-state index in [1.54, 1.807) is 18.2 Å². The second-order valence-corrected chi connectivity index (χ2v) is 7.71. The fraction of sp³-hybridized carbons (Fsp3) is 0.600. The molecule has 6 heteroatoms. The highest BCUT2D eigenvalue weighted by molar-refractivity contribution is 6.31. The Hall–Kier alpha value is -1.75. The van der Waals surface area contributed by atoms with Crippen LogP contribution in [0.3, 0.4) is 0 Å². The maximum absolute atomic E-state index is 12.7. The smallest absolute Gasteiger partial charge is 0.331 e. The zero-order valence-corrected chi connectivity index (χ0v) is 16.7. The van der Waals surface area contributed by atoms with Gasteiger partial charge in [-0.2, -0.15) is 0 Å². The lowest BCUT2D eigenvalue weighted by Crippen LogP contribution is -2.57. The molecule has 0 unspecified atom stereocenters. The first kappa shape index (κ1) is 20.6. The summed E-state index contributed by atoms with van der Waals surface area (Å²) in [5.41, 5.74) is -0.337. The minimum atomic E-state index is -0.953. The Kier molecular flexibility index (Phi) is 6.93. The molecule has 0 radical (unpaired) electrons. The Bertz CT molecular complexity index is 651. The summed E-state index contributed by atoms with van der Waals surface area (Å²) in [6.07, 6.45) is 3.02. The van der Waals surface area contributed by atoms with Crippen molar-refractivity contribution in [2.45, 2.75) is 51.5 Å². The van der Waals surface area contributed by atoms with E-state index in [0.717, 1.165) is 12.8 Å². The number of hydrogen-bond acceptors (Lipinski definition) is 4. The molecule has 1 aliphatic carbocycles. The molecular weight excluding hydrogens is 354 g/mol. The highest BCUT2D eigenvalue weighted by Gasteiger charge is 2.44. The number of amides is 1. The van der Waals surface area contributed by atoms with Gasteiger partial charge in [-0.15, -0.1) is 0 Å². The van der Waals surface area contributed by atoms with Crippen LogP contribution >= 0.6 is 11.6 Å². The number of carbonyl (C=O) groups excluding carboxylic acids is 2. The first-order valence-electron chi connectivity index (χ1n) is 9.03. The zero-order chi connectivity index (χ0) is 19.3. The van der Waals surface area contributed by atoms with Crippen LogP contribution in [0.4, 0.5) is 0 Å². The number of halogens is 1. The minimum absolute atomic E-state index is 0.0508. The van der Waals surface area contributed by atoms with Crippen molar-refractivity contribution in [3.8, 4) is 5.75 Å². The Morgan fingerprint density at radius 3 is 2.46 bits per heavy atom. The summed E-state index contributed by atoms with van der Waals surface area (Å²) >= 11 is 6.22. The van der Waals surface area contributed by atoms with E-state index in [0.29, 0.717) is 41.0 Å². The first-order valence-corrected chi connectivity index (χ1v) is 9.41. The van der Waals surface area contributed by atoms with Crippen LogP contribution < -0.4 is 10.1 Å². The SMILES string of the molecule is COC(=O)C1(NC(=O)Cc2c(Cl)cccc2OC)CCC(C(C)C)CC1. The van der Waals surface area contributed by atoms with Crippen molar-refractivity contribution in [2.24, 2.45) is 11.8 Å². The molecule has 0 saturated heterocycles. The van der Waals surface area contributed by atoms with Gasteiger partial charge in [0, 0.05) is 10.6 Å². The fourth-order valence-corrected chi connectivity index (χ4v) is 3.98. The van der Waals surface area contributed by atoms with Crippen LogP contribution in [-0.4, -0.2) is 31.6 Å². The molecule has 1 saturated carbocycles. The van der Waals surface area contributed by atoms with Crippen molar-refractivity contribution in [1.29, 1.82) is 0 Å². The number of hydrogen-bond donors (Lipinski definition) is 1. The number of nitrogens with one attached hydrogen (secondary N) is 1. The van der Waals surface area contributed by atoms with E-state index in [1.807, 2.05) is 0 Å². The molecular formula is C20H28ClNO4. The highest BCUT2D eigenvalue weighted by atomic mass is 35.5. The number of benzene rings is 1. The molecule has 0 heterocycles. The average molecular weight is 382 g/mol. The maximum atomic E-state index is 12.7. The molecule has 0 atom stereocenters. The van der Waals surface area contributed by atoms with Gasteiger partial charge in [-0.25, -0.2) is 4.79 Å². The molecule has 1 aromatic carbocycles. The summed E-state index contributed by atoms with van der Waals surface area (Å²) in [5.74, 6) is 1.05. The molecule has 2 rings (SSSR count). The summed E-state index contributed by atoms with van der Waals surface area (Å²) in [6, 6.07) is 5.25. The lowest BCUT2D eigenvalue weighted by atomic mass is 9.72. The Morgan fingerprint density at radius 2 is 1.92 bits per heavy atom. The average Bonchev–Trinajstić information content (AvgIpc) is 2.62. The number of esters is 1. The summed E-state index contributed by atoms with van der Waals surface area (Å²) in [4.78, 5) is 25.2. The van der Waals surface area contributed by atoms with Crippen LogP contribution in [0.1, 0.15) is 45.1 Å². The number of rotatable bonds is 6. The topological polar surface area (TPSA) is 64.6 Å². The zero-order valence-electron chi connectivity index (χ0n) is 15.9. The van der Waals surface area contributed by atoms with Crippen LogP contribution in [-0.2, 0) is 20.7 Å². The normalized spacial score (nSPS) is 22.8. The monoisotopic (exact) mass is 381 g/mol. The summed E-state index contributed by atoms with van der Waals surface area (Å²) < 4.78 is 10.3. The molecule has 1 fully saturated rings. The van der Waals surface area contributed by atoms with Gasteiger partial charge in [-0.1, -0.05) is 31.5 Å². The van der Waals surface area contributed by atoms with Crippen molar-refractivity contribution < 1.29 is 19.1 Å². The standard InChI is InChI=1S/C20H28ClNO4/c1-13(2)14-8-10-20(11-9-14,19(24)26-4)22-18(23)12-15-16(21)6-5-7-17(15)25-3/h5-7,13-14H,8-12H2,1-4H3,(H,22,23). The van der Waals surface area contributed by atoms with Crippen molar-refractivity contribution in [1.82, 2.24) is 5.32 Å². The van der Waals surface area contributed by atoms with Gasteiger partial charge in [-0.3, -0.25) is 4.79 Å². The fourth-order valence-electron chi connectivity index (χ4n) is 3.75. The van der Waals surface area contributed by atoms with E-state index >= 15 is 0 Å². The predicted octanol–water partition coefficient (Wildman–Crippen LogP) is 3.77. The van der Waals surface area contributed by atoms with Crippen molar-refractivity contribution in [3.05, 3.63) is 28.8 Å². The van der Waals surface area contributed by atoms with E-state index in [2.05, 4.69) is 19.2 Å². The number of ether oxygens (including phenoxy) is 2. The van der Waals surface area contributed by atoms with Gasteiger partial charge < -0.3 is 14.8 Å². The van der Waals surface area contributed by atoms with Crippen LogP contribution in [0.25, 0.3) is 0 Å². The summed E-state index contributed by atoms with van der Waals surface area (Å²) in [5, 5.41) is 3.41. The van der Waals surface area contributed by atoms with Gasteiger partial charge in [0.25, 0.3) is 0 Å². The second kappa shape index (κ2) is 8.76. The largest absolute Gasteiger partial charge is 0.496 e. The van der Waals surface area contributed by atoms with Crippen LogP contribution in [0, 0.1) is 11.8 Å². The molecule has 1 N–H and O–H groups in total. The highest BCUT2D eigenvalue weighted by Crippen LogP contribution is 2.37. The quantitative estimate of drug-likeness (QED) is 0.762.